The molecule has 1 nitrogen and oxygen atoms in total. The summed E-state index contributed by atoms with van der Waals surface area (Å²) in [4.78, 5) is 0. The number of halogens is 2. The van der Waals surface area contributed by atoms with Crippen molar-refractivity contribution >= 4 is 43.2 Å². The quantitative estimate of drug-likeness (QED) is 0.559. The van der Waals surface area contributed by atoms with Gasteiger partial charge in [-0.1, -0.05) is 32.6 Å². The molecule has 0 aromatic carbocycles. The predicted octanol–water partition coefficient (Wildman–Crippen LogP) is 6.28. The molecule has 0 amide bonds. The molecule has 2 rings (SSSR count). The van der Waals surface area contributed by atoms with Gasteiger partial charge in [-0.3, -0.25) is 0 Å². The minimum atomic E-state index is 0.512. The monoisotopic (exact) mass is 407 g/mol. The number of rotatable bonds is 7. The van der Waals surface area contributed by atoms with Crippen LogP contribution < -0.4 is 5.32 Å². The molecule has 0 radical (unpaired) electrons. The molecule has 1 N–H and O–H groups in total. The van der Waals surface area contributed by atoms with Crippen LogP contribution in [0.15, 0.2) is 13.6 Å². The molecule has 0 spiro atoms. The van der Waals surface area contributed by atoms with Gasteiger partial charge >= 0.3 is 0 Å². The van der Waals surface area contributed by atoms with E-state index in [1.54, 1.807) is 11.3 Å². The average Bonchev–Trinajstić information content (AvgIpc) is 3.00. The molecule has 1 saturated carbocycles. The summed E-state index contributed by atoms with van der Waals surface area (Å²) in [5.74, 6) is 0.978. The van der Waals surface area contributed by atoms with Crippen LogP contribution in [0.25, 0.3) is 0 Å². The first-order valence-electron chi connectivity index (χ1n) is 7.38. The van der Waals surface area contributed by atoms with Crippen LogP contribution >= 0.6 is 43.2 Å². The van der Waals surface area contributed by atoms with Gasteiger partial charge in [0.25, 0.3) is 0 Å². The van der Waals surface area contributed by atoms with Gasteiger partial charge in [0.15, 0.2) is 0 Å². The Balaban J connectivity index is 1.96. The first-order chi connectivity index (χ1) is 9.20. The Morgan fingerprint density at radius 3 is 2.68 bits per heavy atom. The highest BCUT2D eigenvalue weighted by atomic mass is 79.9. The lowest BCUT2D eigenvalue weighted by atomic mass is 9.96. The Morgan fingerprint density at radius 1 is 1.37 bits per heavy atom. The standard InChI is InChI=1S/C15H23Br2NS/c1-2-9-18-13(8-7-11-5-3-4-6-11)12-10-14(16)19-15(12)17/h10-11,13,18H,2-9H2,1H3. The van der Waals surface area contributed by atoms with Crippen molar-refractivity contribution in [2.24, 2.45) is 5.92 Å². The fraction of sp³-hybridized carbons (Fsp3) is 0.733. The summed E-state index contributed by atoms with van der Waals surface area (Å²) in [5, 5.41) is 3.72. The number of thiophene rings is 1. The predicted molar refractivity (Wildman–Crippen MR) is 91.9 cm³/mol. The minimum absolute atomic E-state index is 0.512. The van der Waals surface area contributed by atoms with E-state index in [4.69, 9.17) is 0 Å². The molecule has 1 fully saturated rings. The van der Waals surface area contributed by atoms with Crippen molar-refractivity contribution in [2.75, 3.05) is 6.54 Å². The first kappa shape index (κ1) is 16.0. The van der Waals surface area contributed by atoms with Crippen molar-refractivity contribution in [2.45, 2.75) is 57.9 Å². The van der Waals surface area contributed by atoms with Crippen LogP contribution in [0.1, 0.15) is 63.5 Å². The zero-order valence-corrected chi connectivity index (χ0v) is 15.5. The molecule has 0 saturated heterocycles. The second-order valence-electron chi connectivity index (χ2n) is 5.51. The Kier molecular flexibility index (Phi) is 6.87. The summed E-state index contributed by atoms with van der Waals surface area (Å²) in [6.45, 7) is 3.34. The first-order valence-corrected chi connectivity index (χ1v) is 9.79. The zero-order chi connectivity index (χ0) is 13.7. The van der Waals surface area contributed by atoms with Crippen molar-refractivity contribution in [3.63, 3.8) is 0 Å². The highest BCUT2D eigenvalue weighted by Gasteiger charge is 2.20. The van der Waals surface area contributed by atoms with Crippen LogP contribution in [0.5, 0.6) is 0 Å². The molecule has 0 aliphatic heterocycles. The molecule has 1 unspecified atom stereocenters. The van der Waals surface area contributed by atoms with E-state index in [0.29, 0.717) is 6.04 Å². The molecule has 1 aromatic heterocycles. The van der Waals surface area contributed by atoms with E-state index >= 15 is 0 Å². The lowest BCUT2D eigenvalue weighted by Crippen LogP contribution is -2.22. The number of hydrogen-bond acceptors (Lipinski definition) is 2. The lowest BCUT2D eigenvalue weighted by Gasteiger charge is -2.20. The maximum absolute atomic E-state index is 3.72. The van der Waals surface area contributed by atoms with Gasteiger partial charge in [0.2, 0.25) is 0 Å². The summed E-state index contributed by atoms with van der Waals surface area (Å²) in [6.07, 6.45) is 9.65. The van der Waals surface area contributed by atoms with Gasteiger partial charge in [0, 0.05) is 6.04 Å². The van der Waals surface area contributed by atoms with E-state index in [9.17, 15) is 0 Å². The van der Waals surface area contributed by atoms with Crippen molar-refractivity contribution < 1.29 is 0 Å². The van der Waals surface area contributed by atoms with E-state index in [0.717, 1.165) is 12.5 Å². The van der Waals surface area contributed by atoms with Crippen LogP contribution in [0, 0.1) is 5.92 Å². The van der Waals surface area contributed by atoms with Gasteiger partial charge in [-0.25, -0.2) is 0 Å². The Labute approximate surface area is 137 Å². The fourth-order valence-corrected chi connectivity index (χ4v) is 5.95. The molecule has 1 atom stereocenters. The second kappa shape index (κ2) is 8.16. The Hall–Kier alpha value is 0.620. The highest BCUT2D eigenvalue weighted by molar-refractivity contribution is 9.12. The lowest BCUT2D eigenvalue weighted by molar-refractivity contribution is 0.412. The highest BCUT2D eigenvalue weighted by Crippen LogP contribution is 2.38. The number of hydrogen-bond donors (Lipinski definition) is 1. The molecule has 1 aliphatic carbocycles. The van der Waals surface area contributed by atoms with Crippen LogP contribution in [0.4, 0.5) is 0 Å². The van der Waals surface area contributed by atoms with Gasteiger partial charge in [-0.15, -0.1) is 11.3 Å². The summed E-state index contributed by atoms with van der Waals surface area (Å²) >= 11 is 9.09. The van der Waals surface area contributed by atoms with Crippen LogP contribution in [0.2, 0.25) is 0 Å². The fourth-order valence-electron chi connectivity index (χ4n) is 2.98. The molecule has 4 heteroatoms. The van der Waals surface area contributed by atoms with Crippen molar-refractivity contribution in [1.29, 1.82) is 0 Å². The Bertz CT molecular complexity index is 385. The van der Waals surface area contributed by atoms with Gasteiger partial charge in [-0.2, -0.15) is 0 Å². The summed E-state index contributed by atoms with van der Waals surface area (Å²) in [7, 11) is 0. The molecule has 1 aliphatic rings. The summed E-state index contributed by atoms with van der Waals surface area (Å²) < 4.78 is 2.50. The molecule has 108 valence electrons. The van der Waals surface area contributed by atoms with Crippen LogP contribution in [-0.2, 0) is 0 Å². The van der Waals surface area contributed by atoms with E-state index in [-0.39, 0.29) is 0 Å². The molecule has 19 heavy (non-hydrogen) atoms. The molecule has 0 bridgehead atoms. The largest absolute Gasteiger partial charge is 0.310 e. The third-order valence-electron chi connectivity index (χ3n) is 4.04. The van der Waals surface area contributed by atoms with Crippen molar-refractivity contribution in [3.05, 3.63) is 19.2 Å². The third-order valence-corrected chi connectivity index (χ3v) is 6.42. The van der Waals surface area contributed by atoms with Gasteiger partial charge in [0.05, 0.1) is 7.57 Å². The number of nitrogens with one attached hydrogen (secondary N) is 1. The second-order valence-corrected chi connectivity index (χ2v) is 9.26. The zero-order valence-electron chi connectivity index (χ0n) is 11.6. The average molecular weight is 409 g/mol. The smallest absolute Gasteiger partial charge is 0.0758 e. The minimum Gasteiger partial charge on any atom is -0.310 e. The topological polar surface area (TPSA) is 12.0 Å². The van der Waals surface area contributed by atoms with Crippen LogP contribution in [-0.4, -0.2) is 6.54 Å². The molecule has 1 aromatic rings. The van der Waals surface area contributed by atoms with E-state index in [1.165, 1.54) is 58.1 Å². The summed E-state index contributed by atoms with van der Waals surface area (Å²) in [6, 6.07) is 2.79. The van der Waals surface area contributed by atoms with Crippen molar-refractivity contribution in [3.8, 4) is 0 Å². The van der Waals surface area contributed by atoms with Gasteiger partial charge < -0.3 is 5.32 Å². The molecule has 1 heterocycles. The Morgan fingerprint density at radius 2 is 2.11 bits per heavy atom. The normalized spacial score (nSPS) is 18.1. The van der Waals surface area contributed by atoms with E-state index in [1.807, 2.05) is 0 Å². The van der Waals surface area contributed by atoms with E-state index in [2.05, 4.69) is 50.2 Å². The third kappa shape index (κ3) is 4.83. The van der Waals surface area contributed by atoms with Gasteiger partial charge in [-0.05, 0) is 75.2 Å². The summed E-state index contributed by atoms with van der Waals surface area (Å²) in [5.41, 5.74) is 1.43. The SMILES string of the molecule is CCCNC(CCC1CCCC1)c1cc(Br)sc1Br. The molecular weight excluding hydrogens is 386 g/mol. The maximum atomic E-state index is 3.72. The maximum Gasteiger partial charge on any atom is 0.0758 e. The van der Waals surface area contributed by atoms with E-state index < -0.39 is 0 Å². The van der Waals surface area contributed by atoms with Gasteiger partial charge in [0.1, 0.15) is 0 Å². The van der Waals surface area contributed by atoms with Crippen molar-refractivity contribution in [1.82, 2.24) is 5.32 Å². The van der Waals surface area contributed by atoms with Crippen LogP contribution in [0.3, 0.4) is 0 Å². The molecular formula is C15H23Br2NS.